The van der Waals surface area contributed by atoms with E-state index in [2.05, 4.69) is 10.6 Å². The van der Waals surface area contributed by atoms with Crippen molar-refractivity contribution in [1.82, 2.24) is 0 Å². The van der Waals surface area contributed by atoms with Crippen LogP contribution in [0, 0.1) is 11.6 Å². The fourth-order valence-corrected chi connectivity index (χ4v) is 1.69. The van der Waals surface area contributed by atoms with E-state index >= 15 is 0 Å². The fourth-order valence-electron chi connectivity index (χ4n) is 1.69. The van der Waals surface area contributed by atoms with Gasteiger partial charge in [0.05, 0.1) is 6.61 Å². The van der Waals surface area contributed by atoms with Crippen LogP contribution in [-0.2, 0) is 0 Å². The molecule has 0 bridgehead atoms. The Balaban J connectivity index is 2.01. The third-order valence-corrected chi connectivity index (χ3v) is 2.62. The highest BCUT2D eigenvalue weighted by atomic mass is 19.1. The summed E-state index contributed by atoms with van der Waals surface area (Å²) in [5.74, 6) is -1.00. The zero-order valence-electron chi connectivity index (χ0n) is 11.3. The van der Waals surface area contributed by atoms with E-state index in [1.54, 1.807) is 24.3 Å². The summed E-state index contributed by atoms with van der Waals surface area (Å²) in [7, 11) is 0. The van der Waals surface area contributed by atoms with Crippen molar-refractivity contribution in [1.29, 1.82) is 0 Å². The number of nitrogens with one attached hydrogen (secondary N) is 2. The van der Waals surface area contributed by atoms with Gasteiger partial charge in [-0.2, -0.15) is 0 Å². The molecule has 0 atom stereocenters. The van der Waals surface area contributed by atoms with Crippen LogP contribution in [-0.4, -0.2) is 12.6 Å². The first-order valence-electron chi connectivity index (χ1n) is 6.35. The third-order valence-electron chi connectivity index (χ3n) is 2.62. The summed E-state index contributed by atoms with van der Waals surface area (Å²) in [4.78, 5) is 11.7. The Morgan fingerprint density at radius 1 is 1.05 bits per heavy atom. The molecule has 2 rings (SSSR count). The molecule has 2 N–H and O–H groups in total. The summed E-state index contributed by atoms with van der Waals surface area (Å²) >= 11 is 0. The minimum atomic E-state index is -0.836. The first-order chi connectivity index (χ1) is 10.1. The summed E-state index contributed by atoms with van der Waals surface area (Å²) in [6.07, 6.45) is 0. The van der Waals surface area contributed by atoms with E-state index in [9.17, 15) is 13.6 Å². The minimum Gasteiger partial charge on any atom is -0.494 e. The molecule has 0 saturated carbocycles. The lowest BCUT2D eigenvalue weighted by Crippen LogP contribution is -2.20. The number of rotatable bonds is 4. The number of benzene rings is 2. The van der Waals surface area contributed by atoms with E-state index in [0.717, 1.165) is 12.1 Å². The summed E-state index contributed by atoms with van der Waals surface area (Å²) in [5, 5.41) is 4.61. The maximum Gasteiger partial charge on any atom is 0.323 e. The van der Waals surface area contributed by atoms with Crippen LogP contribution in [0.15, 0.2) is 42.5 Å². The number of ether oxygens (including phenoxy) is 1. The highest BCUT2D eigenvalue weighted by molar-refractivity contribution is 5.99. The predicted octanol–water partition coefficient (Wildman–Crippen LogP) is 4.01. The molecule has 21 heavy (non-hydrogen) atoms. The molecule has 0 heterocycles. The van der Waals surface area contributed by atoms with Crippen molar-refractivity contribution >= 4 is 17.4 Å². The number of amides is 2. The van der Waals surface area contributed by atoms with Crippen LogP contribution in [0.1, 0.15) is 6.92 Å². The van der Waals surface area contributed by atoms with Gasteiger partial charge in [0.15, 0.2) is 0 Å². The molecule has 0 radical (unpaired) electrons. The second-order valence-electron chi connectivity index (χ2n) is 4.13. The normalized spacial score (nSPS) is 10.0. The van der Waals surface area contributed by atoms with Gasteiger partial charge in [0.25, 0.3) is 0 Å². The zero-order chi connectivity index (χ0) is 15.2. The van der Waals surface area contributed by atoms with Crippen molar-refractivity contribution in [3.63, 3.8) is 0 Å². The predicted molar refractivity (Wildman–Crippen MR) is 76.6 cm³/mol. The molecule has 6 heteroatoms. The van der Waals surface area contributed by atoms with E-state index in [4.69, 9.17) is 4.74 Å². The van der Waals surface area contributed by atoms with Gasteiger partial charge in [-0.3, -0.25) is 0 Å². The van der Waals surface area contributed by atoms with Crippen LogP contribution in [0.4, 0.5) is 25.0 Å². The monoisotopic (exact) mass is 292 g/mol. The SMILES string of the molecule is CCOc1ccc(NC(=O)Nc2c(F)cccc2F)cc1. The van der Waals surface area contributed by atoms with E-state index < -0.39 is 23.4 Å². The maximum atomic E-state index is 13.4. The Morgan fingerprint density at radius 2 is 1.67 bits per heavy atom. The van der Waals surface area contributed by atoms with Crippen LogP contribution in [0.3, 0.4) is 0 Å². The lowest BCUT2D eigenvalue weighted by atomic mass is 10.3. The number of para-hydroxylation sites is 1. The molecule has 0 fully saturated rings. The molecule has 0 aliphatic heterocycles. The van der Waals surface area contributed by atoms with Gasteiger partial charge in [0, 0.05) is 5.69 Å². The first kappa shape index (κ1) is 14.8. The third kappa shape index (κ3) is 3.92. The molecule has 0 spiro atoms. The molecular formula is C15H14F2N2O2. The number of carbonyl (C=O) groups excluding carboxylic acids is 1. The molecule has 0 aliphatic rings. The molecule has 0 aromatic heterocycles. The number of urea groups is 1. The van der Waals surface area contributed by atoms with E-state index in [-0.39, 0.29) is 0 Å². The lowest BCUT2D eigenvalue weighted by molar-refractivity contribution is 0.262. The number of hydrogen-bond acceptors (Lipinski definition) is 2. The Labute approximate surface area is 120 Å². The van der Waals surface area contributed by atoms with Crippen molar-refractivity contribution < 1.29 is 18.3 Å². The highest BCUT2D eigenvalue weighted by Crippen LogP contribution is 2.19. The number of halogens is 2. The second kappa shape index (κ2) is 6.69. The number of hydrogen-bond donors (Lipinski definition) is 2. The van der Waals surface area contributed by atoms with E-state index in [1.807, 2.05) is 6.92 Å². The molecule has 4 nitrogen and oxygen atoms in total. The Bertz CT molecular complexity index is 610. The molecular weight excluding hydrogens is 278 g/mol. The summed E-state index contributed by atoms with van der Waals surface area (Å²) in [6.45, 7) is 2.41. The summed E-state index contributed by atoms with van der Waals surface area (Å²) in [5.41, 5.74) is -0.00589. The van der Waals surface area contributed by atoms with Gasteiger partial charge >= 0.3 is 6.03 Å². The van der Waals surface area contributed by atoms with E-state index in [1.165, 1.54) is 6.07 Å². The molecule has 2 aromatic carbocycles. The van der Waals surface area contributed by atoms with Crippen LogP contribution >= 0.6 is 0 Å². The van der Waals surface area contributed by atoms with Crippen LogP contribution in [0.2, 0.25) is 0 Å². The standard InChI is InChI=1S/C15H14F2N2O2/c1-2-21-11-8-6-10(7-9-11)18-15(20)19-14-12(16)4-3-5-13(14)17/h3-9H,2H2,1H3,(H2,18,19,20). The molecule has 0 aliphatic carbocycles. The molecule has 2 aromatic rings. The Kier molecular flexibility index (Phi) is 4.71. The average molecular weight is 292 g/mol. The largest absolute Gasteiger partial charge is 0.494 e. The van der Waals surface area contributed by atoms with Crippen molar-refractivity contribution in [3.8, 4) is 5.75 Å². The fraction of sp³-hybridized carbons (Fsp3) is 0.133. The van der Waals surface area contributed by atoms with Gasteiger partial charge in [0.1, 0.15) is 23.1 Å². The van der Waals surface area contributed by atoms with Crippen molar-refractivity contribution in [2.24, 2.45) is 0 Å². The topological polar surface area (TPSA) is 50.4 Å². The smallest absolute Gasteiger partial charge is 0.323 e. The molecule has 2 amide bonds. The lowest BCUT2D eigenvalue weighted by Gasteiger charge is -2.10. The Morgan fingerprint density at radius 3 is 2.24 bits per heavy atom. The summed E-state index contributed by atoms with van der Waals surface area (Å²) in [6, 6.07) is 9.24. The van der Waals surface area contributed by atoms with Crippen molar-refractivity contribution in [3.05, 3.63) is 54.1 Å². The highest BCUT2D eigenvalue weighted by Gasteiger charge is 2.11. The average Bonchev–Trinajstić information content (AvgIpc) is 2.45. The zero-order valence-corrected chi connectivity index (χ0v) is 11.3. The first-order valence-corrected chi connectivity index (χ1v) is 6.35. The Hall–Kier alpha value is -2.63. The quantitative estimate of drug-likeness (QED) is 0.894. The second-order valence-corrected chi connectivity index (χ2v) is 4.13. The van der Waals surface area contributed by atoms with Crippen LogP contribution in [0.5, 0.6) is 5.75 Å². The van der Waals surface area contributed by atoms with Gasteiger partial charge in [-0.25, -0.2) is 13.6 Å². The number of anilines is 2. The maximum absolute atomic E-state index is 13.4. The van der Waals surface area contributed by atoms with Gasteiger partial charge < -0.3 is 15.4 Å². The molecule has 0 unspecified atom stereocenters. The van der Waals surface area contributed by atoms with E-state index in [0.29, 0.717) is 18.0 Å². The van der Waals surface area contributed by atoms with Gasteiger partial charge in [-0.15, -0.1) is 0 Å². The number of carbonyl (C=O) groups is 1. The van der Waals surface area contributed by atoms with Gasteiger partial charge in [-0.1, -0.05) is 6.07 Å². The van der Waals surface area contributed by atoms with Gasteiger partial charge in [-0.05, 0) is 43.3 Å². The van der Waals surface area contributed by atoms with Crippen molar-refractivity contribution in [2.75, 3.05) is 17.2 Å². The van der Waals surface area contributed by atoms with Crippen molar-refractivity contribution in [2.45, 2.75) is 6.92 Å². The van der Waals surface area contributed by atoms with Gasteiger partial charge in [0.2, 0.25) is 0 Å². The molecule has 110 valence electrons. The van der Waals surface area contributed by atoms with Crippen LogP contribution < -0.4 is 15.4 Å². The molecule has 0 saturated heterocycles. The minimum absolute atomic E-state index is 0.479. The van der Waals surface area contributed by atoms with Crippen LogP contribution in [0.25, 0.3) is 0 Å². The summed E-state index contributed by atoms with van der Waals surface area (Å²) < 4.78 is 32.0.